The van der Waals surface area contributed by atoms with Crippen molar-refractivity contribution < 1.29 is 28.2 Å². The van der Waals surface area contributed by atoms with E-state index in [1.54, 1.807) is 78.9 Å². The number of nitrogens with zero attached hydrogens (tertiary/aromatic N) is 3. The molecule has 0 aliphatic rings. The number of halogens is 1. The first kappa shape index (κ1) is 31.6. The van der Waals surface area contributed by atoms with Crippen LogP contribution in [0.2, 0.25) is 0 Å². The first-order valence-electron chi connectivity index (χ1n) is 14.7. The molecular weight excluding hydrogens is 617 g/mol. The van der Waals surface area contributed by atoms with Crippen LogP contribution in [-0.4, -0.2) is 31.5 Å². The van der Waals surface area contributed by atoms with E-state index in [-0.39, 0.29) is 29.6 Å². The van der Waals surface area contributed by atoms with Crippen LogP contribution in [0.1, 0.15) is 33.5 Å². The van der Waals surface area contributed by atoms with Crippen molar-refractivity contribution in [3.63, 3.8) is 0 Å². The van der Waals surface area contributed by atoms with Crippen molar-refractivity contribution in [1.29, 1.82) is 0 Å². The first-order chi connectivity index (χ1) is 23.3. The van der Waals surface area contributed by atoms with E-state index < -0.39 is 47.3 Å². The zero-order valence-corrected chi connectivity index (χ0v) is 25.2. The van der Waals surface area contributed by atoms with Crippen molar-refractivity contribution in [3.8, 4) is 11.4 Å². The largest absolute Gasteiger partial charge is 0.457 e. The standard InChI is InChI=1S/C36H28FN5O6/c37-25-17-15-24(16-18-25)33-41-32(38)30(36(46)47-21-23-11-5-2-6-12-23)35(45)42(33)20-29(43)39-27(19-22-9-3-1-4-10-22)31(44)34-40-26-13-7-8-14-28(26)48-34/h1-19,31,44H,20-21,38H2,(H,39,43). The Kier molecular flexibility index (Phi) is 9.17. The number of nitrogens with two attached hydrogens (primary N) is 1. The summed E-state index contributed by atoms with van der Waals surface area (Å²) in [6, 6.07) is 29.7. The number of aliphatic hydroxyl groups is 1. The highest BCUT2D eigenvalue weighted by Crippen LogP contribution is 2.26. The smallest absolute Gasteiger partial charge is 0.347 e. The fourth-order valence-electron chi connectivity index (χ4n) is 4.92. The number of benzene rings is 4. The van der Waals surface area contributed by atoms with E-state index in [2.05, 4.69) is 15.3 Å². The second-order valence-corrected chi connectivity index (χ2v) is 10.6. The lowest BCUT2D eigenvalue weighted by Gasteiger charge is -2.17. The van der Waals surface area contributed by atoms with Gasteiger partial charge in [0.25, 0.3) is 5.56 Å². The molecule has 1 amide bonds. The van der Waals surface area contributed by atoms with Gasteiger partial charge in [0.15, 0.2) is 17.3 Å². The van der Waals surface area contributed by atoms with Crippen LogP contribution in [0, 0.1) is 5.82 Å². The zero-order chi connectivity index (χ0) is 33.6. The van der Waals surface area contributed by atoms with Crippen LogP contribution >= 0.6 is 0 Å². The number of carbonyl (C=O) groups excluding carboxylic acids is 2. The average molecular weight is 646 g/mol. The molecule has 11 nitrogen and oxygen atoms in total. The molecule has 0 radical (unpaired) electrons. The number of aromatic nitrogens is 3. The van der Waals surface area contributed by atoms with Crippen LogP contribution in [0.25, 0.3) is 28.6 Å². The molecule has 4 aromatic carbocycles. The van der Waals surface area contributed by atoms with Crippen molar-refractivity contribution >= 4 is 34.9 Å². The predicted octanol–water partition coefficient (Wildman–Crippen LogP) is 5.02. The van der Waals surface area contributed by atoms with Crippen molar-refractivity contribution in [2.24, 2.45) is 0 Å². The van der Waals surface area contributed by atoms with Gasteiger partial charge >= 0.3 is 5.97 Å². The SMILES string of the molecule is Nc1nc(-c2ccc(F)cc2)n(CC(=O)NC(=Cc2ccccc2)C(O)c2nc3ccccc3o2)c(=O)c1C(=O)OCc1ccccc1. The number of aliphatic hydroxyl groups excluding tert-OH is 1. The number of amides is 1. The molecule has 0 saturated carbocycles. The molecule has 4 N–H and O–H groups in total. The number of hydrogen-bond acceptors (Lipinski definition) is 9. The third kappa shape index (κ3) is 7.03. The van der Waals surface area contributed by atoms with Gasteiger partial charge in [-0.1, -0.05) is 72.8 Å². The van der Waals surface area contributed by atoms with E-state index in [0.29, 0.717) is 22.2 Å². The fourth-order valence-corrected chi connectivity index (χ4v) is 4.92. The number of oxazole rings is 1. The number of nitrogens with one attached hydrogen (secondary N) is 1. The van der Waals surface area contributed by atoms with Crippen LogP contribution in [0.15, 0.2) is 124 Å². The molecule has 1 atom stereocenters. The molecule has 6 aromatic rings. The minimum atomic E-state index is -1.51. The van der Waals surface area contributed by atoms with Gasteiger partial charge in [-0.2, -0.15) is 0 Å². The highest BCUT2D eigenvalue weighted by Gasteiger charge is 2.26. The third-order valence-corrected chi connectivity index (χ3v) is 7.26. The number of para-hydroxylation sites is 2. The highest BCUT2D eigenvalue weighted by molar-refractivity contribution is 5.94. The Hall–Kier alpha value is -6.40. The summed E-state index contributed by atoms with van der Waals surface area (Å²) in [7, 11) is 0. The molecule has 0 spiro atoms. The third-order valence-electron chi connectivity index (χ3n) is 7.26. The van der Waals surface area contributed by atoms with E-state index in [9.17, 15) is 23.9 Å². The molecule has 240 valence electrons. The monoisotopic (exact) mass is 645 g/mol. The lowest BCUT2D eigenvalue weighted by Crippen LogP contribution is -2.37. The Bertz CT molecular complexity index is 2150. The van der Waals surface area contributed by atoms with Gasteiger partial charge in [0, 0.05) is 5.56 Å². The summed E-state index contributed by atoms with van der Waals surface area (Å²) in [5.41, 5.74) is 7.09. The number of rotatable bonds is 10. The van der Waals surface area contributed by atoms with E-state index >= 15 is 0 Å². The molecule has 0 aliphatic carbocycles. The molecule has 2 aromatic heterocycles. The molecule has 0 aliphatic heterocycles. The minimum Gasteiger partial charge on any atom is -0.457 e. The van der Waals surface area contributed by atoms with Crippen molar-refractivity contribution in [3.05, 3.63) is 154 Å². The second-order valence-electron chi connectivity index (χ2n) is 10.6. The van der Waals surface area contributed by atoms with E-state index in [1.807, 2.05) is 6.07 Å². The number of nitrogen functional groups attached to an aromatic ring is 1. The molecular formula is C36H28FN5O6. The maximum atomic E-state index is 13.9. The quantitative estimate of drug-likeness (QED) is 0.174. The predicted molar refractivity (Wildman–Crippen MR) is 175 cm³/mol. The number of esters is 1. The maximum Gasteiger partial charge on any atom is 0.347 e. The van der Waals surface area contributed by atoms with Crippen LogP contribution in [0.5, 0.6) is 0 Å². The number of fused-ring (bicyclic) bond motifs is 1. The first-order valence-corrected chi connectivity index (χ1v) is 14.7. The van der Waals surface area contributed by atoms with E-state index in [1.165, 1.54) is 18.2 Å². The summed E-state index contributed by atoms with van der Waals surface area (Å²) >= 11 is 0. The molecule has 2 heterocycles. The Labute approximate surface area is 272 Å². The number of anilines is 1. The van der Waals surface area contributed by atoms with Crippen LogP contribution in [0.4, 0.5) is 10.2 Å². The normalized spacial score (nSPS) is 12.1. The summed E-state index contributed by atoms with van der Waals surface area (Å²) < 4.78 is 25.8. The van der Waals surface area contributed by atoms with E-state index in [4.69, 9.17) is 14.9 Å². The van der Waals surface area contributed by atoms with Crippen LogP contribution in [-0.2, 0) is 22.7 Å². The molecule has 1 unspecified atom stereocenters. The van der Waals surface area contributed by atoms with Gasteiger partial charge in [-0.15, -0.1) is 0 Å². The molecule has 6 rings (SSSR count). The van der Waals surface area contributed by atoms with Crippen molar-refractivity contribution in [2.75, 3.05) is 5.73 Å². The van der Waals surface area contributed by atoms with Crippen molar-refractivity contribution in [1.82, 2.24) is 19.9 Å². The maximum absolute atomic E-state index is 13.9. The minimum absolute atomic E-state index is 0.0000331. The fraction of sp³-hybridized carbons (Fsp3) is 0.0833. The number of carbonyl (C=O) groups is 2. The van der Waals surface area contributed by atoms with Gasteiger partial charge in [0.1, 0.15) is 36.1 Å². The molecule has 48 heavy (non-hydrogen) atoms. The zero-order valence-electron chi connectivity index (χ0n) is 25.2. The Morgan fingerprint density at radius 1 is 0.938 bits per heavy atom. The van der Waals surface area contributed by atoms with E-state index in [0.717, 1.165) is 16.7 Å². The molecule has 0 saturated heterocycles. The summed E-state index contributed by atoms with van der Waals surface area (Å²) in [4.78, 5) is 49.3. The molecule has 0 bridgehead atoms. The number of hydrogen-bond donors (Lipinski definition) is 3. The average Bonchev–Trinajstić information content (AvgIpc) is 3.54. The second kappa shape index (κ2) is 13.9. The van der Waals surface area contributed by atoms with Crippen molar-refractivity contribution in [2.45, 2.75) is 19.3 Å². The number of ether oxygens (including phenoxy) is 1. The summed E-state index contributed by atoms with van der Waals surface area (Å²) in [5.74, 6) is -2.94. The topological polar surface area (TPSA) is 163 Å². The van der Waals surface area contributed by atoms with Gasteiger partial charge < -0.3 is 25.3 Å². The van der Waals surface area contributed by atoms with Crippen LogP contribution in [0.3, 0.4) is 0 Å². The molecule has 0 fully saturated rings. The summed E-state index contributed by atoms with van der Waals surface area (Å²) in [6.07, 6.45) is 0.0252. The highest BCUT2D eigenvalue weighted by atomic mass is 19.1. The van der Waals surface area contributed by atoms with Gasteiger partial charge in [0.2, 0.25) is 11.8 Å². The van der Waals surface area contributed by atoms with Gasteiger partial charge in [0.05, 0.1) is 5.70 Å². The molecule has 12 heteroatoms. The summed E-state index contributed by atoms with van der Waals surface area (Å²) in [6.45, 7) is -0.815. The van der Waals surface area contributed by atoms with Gasteiger partial charge in [-0.25, -0.2) is 19.2 Å². The Morgan fingerprint density at radius 2 is 1.60 bits per heavy atom. The van der Waals surface area contributed by atoms with Crippen LogP contribution < -0.4 is 16.6 Å². The Balaban J connectivity index is 1.35. The lowest BCUT2D eigenvalue weighted by molar-refractivity contribution is -0.121. The lowest BCUT2D eigenvalue weighted by atomic mass is 10.1. The summed E-state index contributed by atoms with van der Waals surface area (Å²) in [5, 5.41) is 14.0. The van der Waals surface area contributed by atoms with Gasteiger partial charge in [-0.05, 0) is 53.6 Å². The van der Waals surface area contributed by atoms with Gasteiger partial charge in [-0.3, -0.25) is 14.2 Å². The Morgan fingerprint density at radius 3 is 2.31 bits per heavy atom.